The van der Waals surface area contributed by atoms with Crippen LogP contribution in [0.25, 0.3) is 5.13 Å². The Hall–Kier alpha value is -2.44. The number of nitrogens with zero attached hydrogens (tertiary/aromatic N) is 3. The molecule has 0 unspecified atom stereocenters. The van der Waals surface area contributed by atoms with Crippen LogP contribution in [-0.4, -0.2) is 39.5 Å². The van der Waals surface area contributed by atoms with Crippen molar-refractivity contribution in [1.82, 2.24) is 19.8 Å². The Morgan fingerprint density at radius 1 is 1.10 bits per heavy atom. The molecular weight excluding hydrogens is 392 g/mol. The fraction of sp³-hybridized carbons (Fsp3) is 0.417. The van der Waals surface area contributed by atoms with Crippen LogP contribution in [0, 0.1) is 0 Å². The molecule has 0 saturated carbocycles. The van der Waals surface area contributed by atoms with E-state index >= 15 is 0 Å². The highest BCUT2D eigenvalue weighted by Gasteiger charge is 2.29. The molecule has 4 rings (SSSR count). The number of amides is 1. The standard InChI is InChI=1S/C24H30N4OS/c1-24(2,3)21-20(30-23(26-21)28-13-7-8-14-28)22(29)25-19-11-15-27(16-12-19)17-18-9-5-4-6-10-18/h4-10,13-14,19H,11-12,15-17H2,1-3H3,(H,25,29). The zero-order valence-corrected chi connectivity index (χ0v) is 18.8. The van der Waals surface area contributed by atoms with Crippen molar-refractivity contribution in [2.45, 2.75) is 51.6 Å². The normalized spacial score (nSPS) is 16.0. The first-order chi connectivity index (χ1) is 14.4. The number of rotatable bonds is 5. The molecule has 0 atom stereocenters. The minimum Gasteiger partial charge on any atom is -0.348 e. The van der Waals surface area contributed by atoms with Crippen LogP contribution in [0.15, 0.2) is 54.9 Å². The number of benzene rings is 1. The number of piperidine rings is 1. The molecule has 1 saturated heterocycles. The molecule has 6 heteroatoms. The van der Waals surface area contributed by atoms with Crippen LogP contribution < -0.4 is 5.32 Å². The molecule has 3 heterocycles. The van der Waals surface area contributed by atoms with Gasteiger partial charge in [-0.15, -0.1) is 0 Å². The summed E-state index contributed by atoms with van der Waals surface area (Å²) in [5.41, 5.74) is 2.03. The van der Waals surface area contributed by atoms with Gasteiger partial charge in [0.15, 0.2) is 5.13 Å². The van der Waals surface area contributed by atoms with Crippen molar-refractivity contribution in [1.29, 1.82) is 0 Å². The SMILES string of the molecule is CC(C)(C)c1nc(-n2cccc2)sc1C(=O)NC1CCN(Cc2ccccc2)CC1. The van der Waals surface area contributed by atoms with E-state index in [4.69, 9.17) is 4.98 Å². The van der Waals surface area contributed by atoms with E-state index in [0.717, 1.165) is 48.2 Å². The van der Waals surface area contributed by atoms with Crippen molar-refractivity contribution in [3.8, 4) is 5.13 Å². The fourth-order valence-electron chi connectivity index (χ4n) is 3.87. The van der Waals surface area contributed by atoms with Crippen molar-refractivity contribution in [2.75, 3.05) is 13.1 Å². The first-order valence-corrected chi connectivity index (χ1v) is 11.4. The maximum absolute atomic E-state index is 13.2. The number of thiazole rings is 1. The lowest BCUT2D eigenvalue weighted by molar-refractivity contribution is 0.0910. The van der Waals surface area contributed by atoms with Gasteiger partial charge in [-0.1, -0.05) is 62.4 Å². The Balaban J connectivity index is 1.41. The average molecular weight is 423 g/mol. The smallest absolute Gasteiger partial charge is 0.263 e. The third-order valence-electron chi connectivity index (χ3n) is 5.53. The Morgan fingerprint density at radius 3 is 2.40 bits per heavy atom. The zero-order valence-electron chi connectivity index (χ0n) is 18.0. The molecule has 0 spiro atoms. The quantitative estimate of drug-likeness (QED) is 0.652. The molecule has 0 bridgehead atoms. The van der Waals surface area contributed by atoms with Gasteiger partial charge < -0.3 is 9.88 Å². The van der Waals surface area contributed by atoms with Crippen molar-refractivity contribution >= 4 is 17.2 Å². The second-order valence-electron chi connectivity index (χ2n) is 9.02. The molecule has 1 aliphatic heterocycles. The van der Waals surface area contributed by atoms with Gasteiger partial charge in [-0.05, 0) is 30.5 Å². The van der Waals surface area contributed by atoms with Crippen LogP contribution in [0.3, 0.4) is 0 Å². The summed E-state index contributed by atoms with van der Waals surface area (Å²) < 4.78 is 1.97. The minimum absolute atomic E-state index is 0.0114. The van der Waals surface area contributed by atoms with Crippen molar-refractivity contribution in [2.24, 2.45) is 0 Å². The zero-order chi connectivity index (χ0) is 21.1. The molecule has 3 aromatic rings. The third-order valence-corrected chi connectivity index (χ3v) is 6.60. The van der Waals surface area contributed by atoms with Gasteiger partial charge in [0, 0.05) is 43.5 Å². The van der Waals surface area contributed by atoms with Crippen LogP contribution in [0.5, 0.6) is 0 Å². The summed E-state index contributed by atoms with van der Waals surface area (Å²) >= 11 is 1.47. The summed E-state index contributed by atoms with van der Waals surface area (Å²) in [6.07, 6.45) is 5.89. The molecule has 30 heavy (non-hydrogen) atoms. The highest BCUT2D eigenvalue weighted by Crippen LogP contribution is 2.31. The summed E-state index contributed by atoms with van der Waals surface area (Å²) in [7, 11) is 0. The Bertz CT molecular complexity index is 965. The van der Waals surface area contributed by atoms with Crippen LogP contribution >= 0.6 is 11.3 Å². The number of nitrogens with one attached hydrogen (secondary N) is 1. The first-order valence-electron chi connectivity index (χ1n) is 10.6. The molecule has 0 aliphatic carbocycles. The van der Waals surface area contributed by atoms with E-state index in [1.165, 1.54) is 16.9 Å². The molecule has 0 radical (unpaired) electrons. The molecule has 1 fully saturated rings. The number of aromatic nitrogens is 2. The van der Waals surface area contributed by atoms with Crippen LogP contribution in [0.1, 0.15) is 54.5 Å². The van der Waals surface area contributed by atoms with Crippen molar-refractivity contribution in [3.63, 3.8) is 0 Å². The molecule has 5 nitrogen and oxygen atoms in total. The van der Waals surface area contributed by atoms with Gasteiger partial charge in [-0.2, -0.15) is 0 Å². The Morgan fingerprint density at radius 2 is 1.77 bits per heavy atom. The lowest BCUT2D eigenvalue weighted by Crippen LogP contribution is -2.44. The number of likely N-dealkylation sites (tertiary alicyclic amines) is 1. The Labute approximate surface area is 182 Å². The maximum Gasteiger partial charge on any atom is 0.263 e. The van der Waals surface area contributed by atoms with Gasteiger partial charge in [-0.3, -0.25) is 9.69 Å². The minimum atomic E-state index is -0.187. The van der Waals surface area contributed by atoms with E-state index in [9.17, 15) is 4.79 Å². The van der Waals surface area contributed by atoms with Gasteiger partial charge in [0.2, 0.25) is 0 Å². The number of carbonyl (C=O) groups excluding carboxylic acids is 1. The van der Waals surface area contributed by atoms with Crippen molar-refractivity contribution < 1.29 is 4.79 Å². The molecule has 1 N–H and O–H groups in total. The second kappa shape index (κ2) is 8.74. The van der Waals surface area contributed by atoms with Crippen molar-refractivity contribution in [3.05, 3.63) is 71.0 Å². The number of hydrogen-bond donors (Lipinski definition) is 1. The molecular formula is C24H30N4OS. The summed E-state index contributed by atoms with van der Waals surface area (Å²) in [6.45, 7) is 9.32. The Kier molecular flexibility index (Phi) is 6.06. The highest BCUT2D eigenvalue weighted by atomic mass is 32.1. The van der Waals surface area contributed by atoms with Crippen LogP contribution in [-0.2, 0) is 12.0 Å². The lowest BCUT2D eigenvalue weighted by Gasteiger charge is -2.32. The molecule has 1 amide bonds. The molecule has 158 valence electrons. The summed E-state index contributed by atoms with van der Waals surface area (Å²) in [4.78, 5) is 21.2. The molecule has 1 aromatic carbocycles. The van der Waals surface area contributed by atoms with Gasteiger partial charge >= 0.3 is 0 Å². The predicted molar refractivity (Wildman–Crippen MR) is 122 cm³/mol. The van der Waals surface area contributed by atoms with E-state index in [2.05, 4.69) is 61.3 Å². The van der Waals surface area contributed by atoms with E-state index in [1.54, 1.807) is 0 Å². The predicted octanol–water partition coefficient (Wildman–Crippen LogP) is 4.63. The molecule has 1 aliphatic rings. The topological polar surface area (TPSA) is 50.2 Å². The van der Waals surface area contributed by atoms with Gasteiger partial charge in [-0.25, -0.2) is 4.98 Å². The third kappa shape index (κ3) is 4.82. The molecule has 2 aromatic heterocycles. The van der Waals surface area contributed by atoms with Crippen LogP contribution in [0.2, 0.25) is 0 Å². The monoisotopic (exact) mass is 422 g/mol. The van der Waals surface area contributed by atoms with Gasteiger partial charge in [0.05, 0.1) is 5.69 Å². The second-order valence-corrected chi connectivity index (χ2v) is 10.0. The van der Waals surface area contributed by atoms with Gasteiger partial charge in [0.1, 0.15) is 4.88 Å². The summed E-state index contributed by atoms with van der Waals surface area (Å²) in [5.74, 6) is 0.0114. The van der Waals surface area contributed by atoms with E-state index < -0.39 is 0 Å². The summed E-state index contributed by atoms with van der Waals surface area (Å²) in [5, 5.41) is 4.13. The number of hydrogen-bond acceptors (Lipinski definition) is 4. The van der Waals surface area contributed by atoms with Crippen LogP contribution in [0.4, 0.5) is 0 Å². The lowest BCUT2D eigenvalue weighted by atomic mass is 9.91. The van der Waals surface area contributed by atoms with E-state index in [-0.39, 0.29) is 17.4 Å². The van der Waals surface area contributed by atoms with E-state index in [0.29, 0.717) is 0 Å². The van der Waals surface area contributed by atoms with Gasteiger partial charge in [0.25, 0.3) is 5.91 Å². The largest absolute Gasteiger partial charge is 0.348 e. The fourth-order valence-corrected chi connectivity index (χ4v) is 5.02. The maximum atomic E-state index is 13.2. The number of carbonyl (C=O) groups is 1. The highest BCUT2D eigenvalue weighted by molar-refractivity contribution is 7.16. The first kappa shape index (κ1) is 20.8. The summed E-state index contributed by atoms with van der Waals surface area (Å²) in [6, 6.07) is 14.7. The average Bonchev–Trinajstić information content (AvgIpc) is 3.40. The van der Waals surface area contributed by atoms with E-state index in [1.807, 2.05) is 29.1 Å².